The molecule has 0 aliphatic heterocycles. The Morgan fingerprint density at radius 1 is 0.250 bits per heavy atom. The molecule has 0 fully saturated rings. The van der Waals surface area contributed by atoms with Crippen LogP contribution < -0.4 is 4.90 Å². The Bertz CT molecular complexity index is 4590. The number of aromatic nitrogens is 2. The van der Waals surface area contributed by atoms with Gasteiger partial charge in [-0.1, -0.05) is 188 Å². The highest BCUT2D eigenvalue weighted by Gasteiger charge is 2.18. The zero-order valence-corrected chi connectivity index (χ0v) is 41.4. The second-order valence-electron chi connectivity index (χ2n) is 19.7. The van der Waals surface area contributed by atoms with E-state index >= 15 is 0 Å². The largest absolute Gasteiger partial charge is 0.455 e. The van der Waals surface area contributed by atoms with Gasteiger partial charge >= 0.3 is 0 Å². The summed E-state index contributed by atoms with van der Waals surface area (Å²) >= 11 is 0. The summed E-state index contributed by atoms with van der Waals surface area (Å²) in [5.74, 6) is 0. The van der Waals surface area contributed by atoms with Crippen LogP contribution >= 0.6 is 0 Å². The molecule has 0 saturated carbocycles. The van der Waals surface area contributed by atoms with E-state index in [1.54, 1.807) is 0 Å². The highest BCUT2D eigenvalue weighted by atomic mass is 16.3. The predicted octanol–water partition coefficient (Wildman–Crippen LogP) is 19.9. The van der Waals surface area contributed by atoms with E-state index in [-0.39, 0.29) is 0 Å². The number of hydrogen-bond donors (Lipinski definition) is 0. The Labute approximate surface area is 439 Å². The first-order valence-corrected chi connectivity index (χ1v) is 26.0. The van der Waals surface area contributed by atoms with Crippen molar-refractivity contribution in [1.82, 2.24) is 9.13 Å². The van der Waals surface area contributed by atoms with E-state index in [2.05, 4.69) is 287 Å². The maximum absolute atomic E-state index is 6.47. The van der Waals surface area contributed by atoms with Gasteiger partial charge in [-0.3, -0.25) is 0 Å². The van der Waals surface area contributed by atoms with Crippen LogP contribution in [0.2, 0.25) is 0 Å². The van der Waals surface area contributed by atoms with Crippen molar-refractivity contribution in [3.8, 4) is 55.9 Å². The number of rotatable bonds is 9. The first-order chi connectivity index (χ1) is 37.7. The molecule has 4 heteroatoms. The van der Waals surface area contributed by atoms with Crippen LogP contribution in [0.1, 0.15) is 0 Å². The van der Waals surface area contributed by atoms with E-state index in [0.29, 0.717) is 0 Å². The van der Waals surface area contributed by atoms with Crippen molar-refractivity contribution in [2.24, 2.45) is 0 Å². The van der Waals surface area contributed by atoms with Crippen LogP contribution in [0, 0.1) is 0 Å². The molecule has 15 rings (SSSR count). The van der Waals surface area contributed by atoms with Crippen LogP contribution in [-0.2, 0) is 0 Å². The lowest BCUT2D eigenvalue weighted by atomic mass is 9.98. The van der Waals surface area contributed by atoms with E-state index in [1.165, 1.54) is 65.9 Å². The van der Waals surface area contributed by atoms with Crippen molar-refractivity contribution in [2.45, 2.75) is 0 Å². The smallest absolute Gasteiger partial charge is 0.143 e. The van der Waals surface area contributed by atoms with Crippen molar-refractivity contribution in [3.63, 3.8) is 0 Å². The average molecular weight is 970 g/mol. The summed E-state index contributed by atoms with van der Waals surface area (Å²) in [4.78, 5) is 2.35. The third-order valence-electron chi connectivity index (χ3n) is 15.4. The molecule has 76 heavy (non-hydrogen) atoms. The van der Waals surface area contributed by atoms with Gasteiger partial charge in [0.15, 0.2) is 0 Å². The Balaban J connectivity index is 0.754. The summed E-state index contributed by atoms with van der Waals surface area (Å²) in [5.41, 5.74) is 21.4. The van der Waals surface area contributed by atoms with E-state index < -0.39 is 0 Å². The number of furan rings is 1. The number of para-hydroxylation sites is 6. The van der Waals surface area contributed by atoms with Gasteiger partial charge in [0.2, 0.25) is 0 Å². The normalized spacial score (nSPS) is 11.7. The minimum atomic E-state index is 0.899. The van der Waals surface area contributed by atoms with Gasteiger partial charge in [0.1, 0.15) is 11.2 Å². The van der Waals surface area contributed by atoms with E-state index in [4.69, 9.17) is 4.42 Å². The molecule has 0 saturated heterocycles. The second kappa shape index (κ2) is 17.8. The average Bonchev–Trinajstić information content (AvgIpc) is 4.21. The topological polar surface area (TPSA) is 26.2 Å². The molecule has 0 aliphatic carbocycles. The van der Waals surface area contributed by atoms with E-state index in [1.807, 2.05) is 12.1 Å². The quantitative estimate of drug-likeness (QED) is 0.144. The van der Waals surface area contributed by atoms with Crippen LogP contribution in [0.5, 0.6) is 0 Å². The highest BCUT2D eigenvalue weighted by molar-refractivity contribution is 6.12. The minimum Gasteiger partial charge on any atom is -0.455 e. The lowest BCUT2D eigenvalue weighted by Crippen LogP contribution is -2.09. The summed E-state index contributed by atoms with van der Waals surface area (Å²) in [6.45, 7) is 0. The van der Waals surface area contributed by atoms with Gasteiger partial charge in [0, 0.05) is 66.3 Å². The van der Waals surface area contributed by atoms with Crippen molar-refractivity contribution in [2.75, 3.05) is 4.90 Å². The molecule has 356 valence electrons. The first kappa shape index (κ1) is 43.4. The Hall–Kier alpha value is -10.2. The number of nitrogens with zero attached hydrogens (tertiary/aromatic N) is 3. The summed E-state index contributed by atoms with van der Waals surface area (Å²) in [6.07, 6.45) is 0. The summed E-state index contributed by atoms with van der Waals surface area (Å²) in [5, 5.41) is 7.28. The van der Waals surface area contributed by atoms with Gasteiger partial charge in [0.05, 0.1) is 22.1 Å². The van der Waals surface area contributed by atoms with Crippen LogP contribution in [0.3, 0.4) is 0 Å². The zero-order valence-electron chi connectivity index (χ0n) is 41.4. The lowest BCUT2D eigenvalue weighted by molar-refractivity contribution is 0.670. The molecule has 3 aromatic heterocycles. The molecule has 12 aromatic carbocycles. The first-order valence-electron chi connectivity index (χ1n) is 26.0. The molecule has 0 unspecified atom stereocenters. The summed E-state index contributed by atoms with van der Waals surface area (Å²) in [6, 6.07) is 103. The number of hydrogen-bond acceptors (Lipinski definition) is 2. The molecule has 0 aliphatic rings. The molecular formula is C72H47N3O. The highest BCUT2D eigenvalue weighted by Crippen LogP contribution is 2.42. The standard InChI is InChI=1S/C72H47N3O/c1-2-13-55(14-3-1)74-69-23-10-6-17-63(69)66-47-54(37-46-70(66)74)52-27-25-48(26-28-52)49-29-38-56(39-30-49)73(58-44-35-53(36-45-58)60-19-12-20-65-64-18-7-11-24-71(64)76-72(60)65)57-40-31-50(32-41-57)51-33-42-59(43-34-51)75-67-21-8-4-15-61(67)62-16-5-9-22-68(62)75/h1-47H. The molecule has 4 nitrogen and oxygen atoms in total. The Kier molecular flexibility index (Phi) is 10.2. The molecule has 0 spiro atoms. The summed E-state index contributed by atoms with van der Waals surface area (Å²) < 4.78 is 11.2. The third-order valence-corrected chi connectivity index (χ3v) is 15.4. The van der Waals surface area contributed by atoms with Gasteiger partial charge < -0.3 is 18.5 Å². The fraction of sp³-hybridized carbons (Fsp3) is 0. The van der Waals surface area contributed by atoms with Gasteiger partial charge in [-0.25, -0.2) is 0 Å². The SMILES string of the molecule is c1ccc(-n2c3ccccc3c3cc(-c4ccc(-c5ccc(N(c6ccc(-c7ccc(-n8c9ccccc9c9ccccc98)cc7)cc6)c6ccc(-c7cccc8c7oc7ccccc78)cc6)cc5)cc4)ccc32)cc1. The van der Waals surface area contributed by atoms with Gasteiger partial charge in [-0.15, -0.1) is 0 Å². The van der Waals surface area contributed by atoms with Gasteiger partial charge in [-0.2, -0.15) is 0 Å². The molecule has 0 amide bonds. The molecular weight excluding hydrogens is 923 g/mol. The van der Waals surface area contributed by atoms with Crippen LogP contribution in [0.15, 0.2) is 290 Å². The molecule has 0 N–H and O–H groups in total. The van der Waals surface area contributed by atoms with Crippen molar-refractivity contribution < 1.29 is 4.42 Å². The van der Waals surface area contributed by atoms with Crippen LogP contribution in [0.4, 0.5) is 17.1 Å². The summed E-state index contributed by atoms with van der Waals surface area (Å²) in [7, 11) is 0. The minimum absolute atomic E-state index is 0.899. The van der Waals surface area contributed by atoms with Crippen molar-refractivity contribution in [3.05, 3.63) is 285 Å². The fourth-order valence-corrected chi connectivity index (χ4v) is 11.7. The monoisotopic (exact) mass is 969 g/mol. The molecule has 15 aromatic rings. The van der Waals surface area contributed by atoms with E-state index in [0.717, 1.165) is 72.6 Å². The molecule has 3 heterocycles. The fourth-order valence-electron chi connectivity index (χ4n) is 11.7. The third kappa shape index (κ3) is 7.22. The second-order valence-corrected chi connectivity index (χ2v) is 19.7. The Morgan fingerprint density at radius 3 is 1.18 bits per heavy atom. The molecule has 0 atom stereocenters. The Morgan fingerprint density at radius 2 is 0.632 bits per heavy atom. The van der Waals surface area contributed by atoms with Crippen LogP contribution in [-0.4, -0.2) is 9.13 Å². The van der Waals surface area contributed by atoms with Crippen molar-refractivity contribution in [1.29, 1.82) is 0 Å². The van der Waals surface area contributed by atoms with Gasteiger partial charge in [0.25, 0.3) is 0 Å². The van der Waals surface area contributed by atoms with Gasteiger partial charge in [-0.05, 0) is 136 Å². The number of fused-ring (bicyclic) bond motifs is 9. The number of benzene rings is 12. The molecule has 0 bridgehead atoms. The predicted molar refractivity (Wildman–Crippen MR) is 319 cm³/mol. The lowest BCUT2D eigenvalue weighted by Gasteiger charge is -2.26. The maximum atomic E-state index is 6.47. The van der Waals surface area contributed by atoms with E-state index in [9.17, 15) is 0 Å². The van der Waals surface area contributed by atoms with Crippen LogP contribution in [0.25, 0.3) is 121 Å². The van der Waals surface area contributed by atoms with Crippen molar-refractivity contribution >= 4 is 82.6 Å². The molecule has 0 radical (unpaired) electrons. The zero-order chi connectivity index (χ0) is 50.1. The number of anilines is 3. The maximum Gasteiger partial charge on any atom is 0.143 e.